The monoisotopic (exact) mass is 474 g/mol. The number of allylic oxidation sites excluding steroid dienone is 1. The summed E-state index contributed by atoms with van der Waals surface area (Å²) in [4.78, 5) is 0. The predicted molar refractivity (Wildman–Crippen MR) is 123 cm³/mol. The van der Waals surface area contributed by atoms with Crippen molar-refractivity contribution in [3.8, 4) is 0 Å². The molecule has 1 atom stereocenters. The second kappa shape index (κ2) is 18.8. The summed E-state index contributed by atoms with van der Waals surface area (Å²) in [6.45, 7) is 11.5. The third kappa shape index (κ3) is 13.6. The van der Waals surface area contributed by atoms with Crippen LogP contribution in [-0.2, 0) is 4.74 Å². The van der Waals surface area contributed by atoms with Gasteiger partial charge in [-0.2, -0.15) is 0 Å². The Kier molecular flexibility index (Phi) is 19.2. The van der Waals surface area contributed by atoms with Crippen molar-refractivity contribution in [1.82, 2.24) is 0 Å². The van der Waals surface area contributed by atoms with Crippen LogP contribution in [0.4, 0.5) is 0 Å². The maximum atomic E-state index is 6.65. The van der Waals surface area contributed by atoms with Crippen LogP contribution in [0.2, 0.25) is 13.3 Å². The molecule has 0 spiro atoms. The van der Waals surface area contributed by atoms with Gasteiger partial charge in [-0.25, -0.2) is 0 Å². The fraction of sp³-hybridized carbons (Fsp3) is 0.917. The normalized spacial score (nSPS) is 13.6. The first-order valence-electron chi connectivity index (χ1n) is 11.9. The topological polar surface area (TPSA) is 9.23 Å². The summed E-state index contributed by atoms with van der Waals surface area (Å²) in [6, 6.07) is 0. The summed E-state index contributed by atoms with van der Waals surface area (Å²) in [5, 5.41) is 0. The zero-order chi connectivity index (χ0) is 19.5. The standard InChI is InChI=1S/C12H23O.3C4H9.Sn/c1-4-6-7-8-9-11-12(13-3)10-5-2;3*1-3-4-2;/h5,10,12H,3-4,6-9,11H2,1-2H3;3*1,3-4H2,2H3;/b10-5+;;;;. The van der Waals surface area contributed by atoms with Gasteiger partial charge in [0.25, 0.3) is 0 Å². The molecule has 156 valence electrons. The van der Waals surface area contributed by atoms with Crippen LogP contribution in [0, 0.1) is 0 Å². The molecule has 0 aliphatic carbocycles. The van der Waals surface area contributed by atoms with E-state index in [1.54, 1.807) is 13.3 Å². The molecule has 0 aromatic rings. The van der Waals surface area contributed by atoms with E-state index >= 15 is 0 Å². The Labute approximate surface area is 170 Å². The fourth-order valence-electron chi connectivity index (χ4n) is 3.93. The van der Waals surface area contributed by atoms with Gasteiger partial charge in [0.1, 0.15) is 0 Å². The molecule has 0 saturated carbocycles. The molecular formula is C24H50OSn. The molecule has 0 N–H and O–H groups in total. The SMILES string of the molecule is C/C=C/C(CCCCCCC)O[CH2][Sn]([CH2]CCC)([CH2]CCC)[CH2]CCC. The van der Waals surface area contributed by atoms with Crippen molar-refractivity contribution in [3.63, 3.8) is 0 Å². The molecule has 0 amide bonds. The molecule has 0 aliphatic rings. The Balaban J connectivity index is 4.72. The first-order chi connectivity index (χ1) is 12.7. The van der Waals surface area contributed by atoms with Crippen molar-refractivity contribution >= 4 is 18.4 Å². The van der Waals surface area contributed by atoms with Gasteiger partial charge in [0.15, 0.2) is 0 Å². The van der Waals surface area contributed by atoms with Gasteiger partial charge in [-0.05, 0) is 0 Å². The molecule has 0 rings (SSSR count). The maximum absolute atomic E-state index is 6.65. The Morgan fingerprint density at radius 2 is 1.19 bits per heavy atom. The van der Waals surface area contributed by atoms with Crippen molar-refractivity contribution < 1.29 is 4.74 Å². The Bertz CT molecular complexity index is 292. The second-order valence-electron chi connectivity index (χ2n) is 8.39. The first-order valence-corrected chi connectivity index (χ1v) is 20.0. The molecule has 0 aromatic carbocycles. The third-order valence-electron chi connectivity index (χ3n) is 5.78. The number of hydrogen-bond donors (Lipinski definition) is 0. The molecule has 1 unspecified atom stereocenters. The Morgan fingerprint density at radius 3 is 1.65 bits per heavy atom. The summed E-state index contributed by atoms with van der Waals surface area (Å²) in [5.41, 5.74) is 0. The summed E-state index contributed by atoms with van der Waals surface area (Å²) >= 11 is -2.13. The van der Waals surface area contributed by atoms with Crippen LogP contribution in [0.25, 0.3) is 0 Å². The summed E-state index contributed by atoms with van der Waals surface area (Å²) < 4.78 is 12.5. The van der Waals surface area contributed by atoms with Crippen molar-refractivity contribution in [3.05, 3.63) is 12.2 Å². The molecule has 0 heterocycles. The average molecular weight is 473 g/mol. The minimum atomic E-state index is -2.13. The van der Waals surface area contributed by atoms with Crippen LogP contribution in [0.15, 0.2) is 12.2 Å². The van der Waals surface area contributed by atoms with Crippen molar-refractivity contribution in [2.24, 2.45) is 0 Å². The van der Waals surface area contributed by atoms with E-state index in [-0.39, 0.29) is 0 Å². The van der Waals surface area contributed by atoms with Crippen LogP contribution in [0.5, 0.6) is 0 Å². The average Bonchev–Trinajstić information content (AvgIpc) is 2.66. The van der Waals surface area contributed by atoms with E-state index in [0.29, 0.717) is 6.10 Å². The van der Waals surface area contributed by atoms with E-state index < -0.39 is 18.4 Å². The van der Waals surface area contributed by atoms with Gasteiger partial charge in [-0.15, -0.1) is 0 Å². The van der Waals surface area contributed by atoms with Crippen LogP contribution < -0.4 is 0 Å². The zero-order valence-electron chi connectivity index (χ0n) is 19.0. The van der Waals surface area contributed by atoms with Crippen LogP contribution in [0.1, 0.15) is 112 Å². The summed E-state index contributed by atoms with van der Waals surface area (Å²) in [6.07, 6.45) is 21.4. The molecule has 26 heavy (non-hydrogen) atoms. The fourth-order valence-corrected chi connectivity index (χ4v) is 18.4. The Hall–Kier alpha value is 0.499. The minimum absolute atomic E-state index is 0.377. The van der Waals surface area contributed by atoms with Crippen LogP contribution in [-0.4, -0.2) is 29.1 Å². The number of rotatable bonds is 19. The Morgan fingerprint density at radius 1 is 0.692 bits per heavy atom. The van der Waals surface area contributed by atoms with Crippen molar-refractivity contribution in [2.75, 3.05) is 4.62 Å². The van der Waals surface area contributed by atoms with Gasteiger partial charge in [-0.3, -0.25) is 0 Å². The molecule has 0 saturated heterocycles. The molecule has 0 fully saturated rings. The van der Waals surface area contributed by atoms with Crippen molar-refractivity contribution in [1.29, 1.82) is 0 Å². The van der Waals surface area contributed by atoms with E-state index in [9.17, 15) is 0 Å². The van der Waals surface area contributed by atoms with Gasteiger partial charge in [0.2, 0.25) is 0 Å². The summed E-state index contributed by atoms with van der Waals surface area (Å²) in [7, 11) is 0. The van der Waals surface area contributed by atoms with Crippen LogP contribution in [0.3, 0.4) is 0 Å². The van der Waals surface area contributed by atoms with Crippen molar-refractivity contribution in [2.45, 2.75) is 131 Å². The number of unbranched alkanes of at least 4 members (excludes halogenated alkanes) is 7. The van der Waals surface area contributed by atoms with E-state index in [1.165, 1.54) is 81.7 Å². The zero-order valence-corrected chi connectivity index (χ0v) is 21.8. The summed E-state index contributed by atoms with van der Waals surface area (Å²) in [5.74, 6) is 0. The first kappa shape index (κ1) is 26.5. The van der Waals surface area contributed by atoms with E-state index in [1.807, 2.05) is 0 Å². The van der Waals surface area contributed by atoms with Gasteiger partial charge < -0.3 is 0 Å². The van der Waals surface area contributed by atoms with Gasteiger partial charge in [0.05, 0.1) is 0 Å². The molecule has 0 radical (unpaired) electrons. The molecule has 0 aromatic heterocycles. The van der Waals surface area contributed by atoms with Gasteiger partial charge in [-0.1, -0.05) is 0 Å². The molecule has 1 nitrogen and oxygen atoms in total. The predicted octanol–water partition coefficient (Wildman–Crippen LogP) is 8.70. The van der Waals surface area contributed by atoms with Crippen LogP contribution >= 0.6 is 0 Å². The molecular weight excluding hydrogens is 423 g/mol. The van der Waals surface area contributed by atoms with Gasteiger partial charge in [0, 0.05) is 0 Å². The molecule has 0 aliphatic heterocycles. The van der Waals surface area contributed by atoms with Gasteiger partial charge >= 0.3 is 171 Å². The van der Waals surface area contributed by atoms with E-state index in [2.05, 4.69) is 46.8 Å². The third-order valence-corrected chi connectivity index (χ3v) is 20.1. The molecule has 0 bridgehead atoms. The second-order valence-corrected chi connectivity index (χ2v) is 22.1. The molecule has 2 heteroatoms. The van der Waals surface area contributed by atoms with E-state index in [4.69, 9.17) is 4.74 Å². The number of hydrogen-bond acceptors (Lipinski definition) is 1. The number of ether oxygens (including phenoxy) is 1. The van der Waals surface area contributed by atoms with E-state index in [0.717, 1.165) is 0 Å². The quantitative estimate of drug-likeness (QED) is 0.104.